The van der Waals surface area contributed by atoms with Crippen molar-refractivity contribution in [2.75, 3.05) is 0 Å². The fourth-order valence-corrected chi connectivity index (χ4v) is 3.63. The summed E-state index contributed by atoms with van der Waals surface area (Å²) in [5, 5.41) is 3.97. The van der Waals surface area contributed by atoms with Crippen molar-refractivity contribution in [2.24, 2.45) is 5.41 Å². The maximum atomic E-state index is 12.6. The smallest absolute Gasteiger partial charge is 0.255 e. The fourth-order valence-electron chi connectivity index (χ4n) is 3.63. The standard InChI is InChI=1S/C21H20N2O.C7H16/c1-4-16-18-12-8-9-13-19(18)23-20(16)15(3)22-21(24)17-11-7-5-6-10-14(17)2;1-5-6-7(2,3)4/h4-9,11-13,23H,1,3,10H2,2H3,(H,22,24);5-6H2,1-4H3. The van der Waals surface area contributed by atoms with E-state index in [-0.39, 0.29) is 5.91 Å². The highest BCUT2D eigenvalue weighted by Crippen LogP contribution is 2.27. The number of allylic oxidation sites excluding steroid dienone is 4. The zero-order chi connectivity index (χ0) is 23.0. The average molecular weight is 417 g/mol. The molecule has 1 amide bonds. The summed E-state index contributed by atoms with van der Waals surface area (Å²) in [7, 11) is 0. The Morgan fingerprint density at radius 3 is 2.55 bits per heavy atom. The molecule has 0 unspecified atom stereocenters. The highest BCUT2D eigenvalue weighted by atomic mass is 16.1. The van der Waals surface area contributed by atoms with Gasteiger partial charge in [-0.3, -0.25) is 4.79 Å². The Hall–Kier alpha value is -3.07. The van der Waals surface area contributed by atoms with Crippen molar-refractivity contribution < 1.29 is 4.79 Å². The molecule has 0 bridgehead atoms. The predicted molar refractivity (Wildman–Crippen MR) is 136 cm³/mol. The normalized spacial score (nSPS) is 13.5. The summed E-state index contributed by atoms with van der Waals surface area (Å²) in [5.74, 6) is -0.147. The molecule has 31 heavy (non-hydrogen) atoms. The van der Waals surface area contributed by atoms with E-state index in [9.17, 15) is 4.79 Å². The number of carbonyl (C=O) groups is 1. The monoisotopic (exact) mass is 416 g/mol. The summed E-state index contributed by atoms with van der Waals surface area (Å²) in [6.45, 7) is 18.9. The first-order valence-electron chi connectivity index (χ1n) is 10.9. The van der Waals surface area contributed by atoms with Crippen LogP contribution in [0.15, 0.2) is 72.9 Å². The van der Waals surface area contributed by atoms with Crippen molar-refractivity contribution in [3.8, 4) is 0 Å². The van der Waals surface area contributed by atoms with Gasteiger partial charge in [0.1, 0.15) is 0 Å². The first-order chi connectivity index (χ1) is 14.7. The number of aromatic amines is 1. The molecule has 0 saturated heterocycles. The van der Waals surface area contributed by atoms with E-state index in [1.54, 1.807) is 6.08 Å². The number of hydrogen-bond acceptors (Lipinski definition) is 1. The molecule has 2 aromatic rings. The van der Waals surface area contributed by atoms with Crippen LogP contribution >= 0.6 is 0 Å². The van der Waals surface area contributed by atoms with E-state index in [0.717, 1.165) is 34.2 Å². The number of benzene rings is 1. The van der Waals surface area contributed by atoms with E-state index < -0.39 is 0 Å². The minimum Gasteiger partial charge on any atom is -0.353 e. The van der Waals surface area contributed by atoms with E-state index in [1.165, 1.54) is 12.8 Å². The van der Waals surface area contributed by atoms with Crippen LogP contribution < -0.4 is 5.32 Å². The van der Waals surface area contributed by atoms with Gasteiger partial charge in [-0.15, -0.1) is 0 Å². The molecule has 164 valence electrons. The quantitative estimate of drug-likeness (QED) is 0.519. The second kappa shape index (κ2) is 10.8. The van der Waals surface area contributed by atoms with Gasteiger partial charge in [0, 0.05) is 22.0 Å². The summed E-state index contributed by atoms with van der Waals surface area (Å²) in [5.41, 5.74) is 5.52. The lowest BCUT2D eigenvalue weighted by molar-refractivity contribution is -0.116. The van der Waals surface area contributed by atoms with Gasteiger partial charge in [0.25, 0.3) is 5.91 Å². The second-order valence-corrected chi connectivity index (χ2v) is 9.09. The molecular formula is C28H36N2O. The minimum absolute atomic E-state index is 0.147. The second-order valence-electron chi connectivity index (χ2n) is 9.09. The van der Waals surface area contributed by atoms with Crippen LogP contribution in [-0.4, -0.2) is 10.9 Å². The Morgan fingerprint density at radius 1 is 1.23 bits per heavy atom. The molecule has 2 N–H and O–H groups in total. The van der Waals surface area contributed by atoms with E-state index in [0.29, 0.717) is 16.7 Å². The highest BCUT2D eigenvalue weighted by molar-refractivity contribution is 6.03. The van der Waals surface area contributed by atoms with Crippen molar-refractivity contribution in [1.82, 2.24) is 10.3 Å². The number of para-hydroxylation sites is 1. The Balaban J connectivity index is 0.000000423. The molecule has 1 aliphatic carbocycles. The Labute approximate surface area is 187 Å². The molecule has 1 heterocycles. The van der Waals surface area contributed by atoms with Crippen LogP contribution in [0.1, 0.15) is 65.1 Å². The van der Waals surface area contributed by atoms with Crippen LogP contribution in [0.4, 0.5) is 0 Å². The van der Waals surface area contributed by atoms with Crippen molar-refractivity contribution >= 4 is 28.6 Å². The van der Waals surface area contributed by atoms with Crippen LogP contribution in [0, 0.1) is 5.41 Å². The third-order valence-corrected chi connectivity index (χ3v) is 5.16. The van der Waals surface area contributed by atoms with Gasteiger partial charge in [0.2, 0.25) is 0 Å². The molecule has 0 aliphatic heterocycles. The van der Waals surface area contributed by atoms with Crippen LogP contribution in [0.2, 0.25) is 0 Å². The minimum atomic E-state index is -0.147. The predicted octanol–water partition coefficient (Wildman–Crippen LogP) is 7.56. The topological polar surface area (TPSA) is 44.9 Å². The van der Waals surface area contributed by atoms with Gasteiger partial charge in [-0.25, -0.2) is 0 Å². The molecular weight excluding hydrogens is 380 g/mol. The van der Waals surface area contributed by atoms with E-state index >= 15 is 0 Å². The van der Waals surface area contributed by atoms with Gasteiger partial charge in [0.15, 0.2) is 0 Å². The SMILES string of the molecule is C=Cc1c(C(=C)NC(=O)C2=C(C)CC=CC=C2)[nH]c2ccccc12.CCCC(C)(C)C. The number of amides is 1. The molecule has 0 saturated carbocycles. The summed E-state index contributed by atoms with van der Waals surface area (Å²) in [6.07, 6.45) is 12.9. The van der Waals surface area contributed by atoms with Crippen molar-refractivity contribution in [2.45, 2.75) is 53.9 Å². The summed E-state index contributed by atoms with van der Waals surface area (Å²) in [6, 6.07) is 7.96. The Morgan fingerprint density at radius 2 is 1.94 bits per heavy atom. The molecule has 1 aliphatic rings. The van der Waals surface area contributed by atoms with Gasteiger partial charge in [-0.1, -0.05) is 95.3 Å². The third-order valence-electron chi connectivity index (χ3n) is 5.16. The van der Waals surface area contributed by atoms with Gasteiger partial charge >= 0.3 is 0 Å². The van der Waals surface area contributed by atoms with Crippen LogP contribution in [0.25, 0.3) is 22.7 Å². The first kappa shape index (κ1) is 24.2. The van der Waals surface area contributed by atoms with Crippen LogP contribution in [0.5, 0.6) is 0 Å². The lowest BCUT2D eigenvalue weighted by Gasteiger charge is -2.15. The summed E-state index contributed by atoms with van der Waals surface area (Å²) >= 11 is 0. The summed E-state index contributed by atoms with van der Waals surface area (Å²) in [4.78, 5) is 15.9. The molecule has 3 nitrogen and oxygen atoms in total. The molecule has 0 atom stereocenters. The van der Waals surface area contributed by atoms with Crippen molar-refractivity contribution in [1.29, 1.82) is 0 Å². The van der Waals surface area contributed by atoms with E-state index in [4.69, 9.17) is 0 Å². The number of fused-ring (bicyclic) bond motifs is 1. The number of nitrogens with one attached hydrogen (secondary N) is 2. The maximum absolute atomic E-state index is 12.6. The molecule has 3 rings (SSSR count). The number of H-pyrrole nitrogens is 1. The fraction of sp³-hybridized carbons (Fsp3) is 0.321. The van der Waals surface area contributed by atoms with Crippen molar-refractivity contribution in [3.05, 3.63) is 84.1 Å². The van der Waals surface area contributed by atoms with Crippen LogP contribution in [0.3, 0.4) is 0 Å². The van der Waals surface area contributed by atoms with E-state index in [2.05, 4.69) is 51.2 Å². The third kappa shape index (κ3) is 6.71. The number of hydrogen-bond donors (Lipinski definition) is 2. The highest BCUT2D eigenvalue weighted by Gasteiger charge is 2.16. The average Bonchev–Trinajstić information content (AvgIpc) is 2.95. The zero-order valence-electron chi connectivity index (χ0n) is 19.6. The van der Waals surface area contributed by atoms with Gasteiger partial charge in [-0.05, 0) is 37.3 Å². The molecule has 1 aromatic heterocycles. The summed E-state index contributed by atoms with van der Waals surface area (Å²) < 4.78 is 0. The number of aromatic nitrogens is 1. The molecule has 0 radical (unpaired) electrons. The maximum Gasteiger partial charge on any atom is 0.255 e. The van der Waals surface area contributed by atoms with Gasteiger partial charge in [-0.2, -0.15) is 0 Å². The largest absolute Gasteiger partial charge is 0.353 e. The van der Waals surface area contributed by atoms with Crippen LogP contribution in [-0.2, 0) is 4.79 Å². The molecule has 3 heteroatoms. The van der Waals surface area contributed by atoms with Gasteiger partial charge < -0.3 is 10.3 Å². The molecule has 0 fully saturated rings. The lowest BCUT2D eigenvalue weighted by atomic mass is 9.91. The molecule has 1 aromatic carbocycles. The number of rotatable bonds is 5. The molecule has 0 spiro atoms. The number of carbonyl (C=O) groups excluding carboxylic acids is 1. The lowest BCUT2D eigenvalue weighted by Crippen LogP contribution is -2.23. The zero-order valence-corrected chi connectivity index (χ0v) is 19.6. The Bertz CT molecular complexity index is 1040. The van der Waals surface area contributed by atoms with Gasteiger partial charge in [0.05, 0.1) is 11.4 Å². The first-order valence-corrected chi connectivity index (χ1v) is 10.9. The Kier molecular flexibility index (Phi) is 8.44. The van der Waals surface area contributed by atoms with Crippen molar-refractivity contribution in [3.63, 3.8) is 0 Å². The van der Waals surface area contributed by atoms with E-state index in [1.807, 2.05) is 55.5 Å².